The lowest BCUT2D eigenvalue weighted by molar-refractivity contribution is -0.377. The van der Waals surface area contributed by atoms with Crippen LogP contribution in [0.4, 0.5) is 5.69 Å². The summed E-state index contributed by atoms with van der Waals surface area (Å²) in [4.78, 5) is 2.99. The zero-order chi connectivity index (χ0) is 11.1. The van der Waals surface area contributed by atoms with Gasteiger partial charge in [-0.25, -0.2) is 4.98 Å². The van der Waals surface area contributed by atoms with Crippen LogP contribution >= 0.6 is 0 Å². The van der Waals surface area contributed by atoms with Crippen molar-refractivity contribution in [2.45, 2.75) is 25.7 Å². The van der Waals surface area contributed by atoms with Gasteiger partial charge in [0.25, 0.3) is 0 Å². The summed E-state index contributed by atoms with van der Waals surface area (Å²) in [6.45, 7) is 0. The summed E-state index contributed by atoms with van der Waals surface area (Å²) >= 11 is 0. The summed E-state index contributed by atoms with van der Waals surface area (Å²) in [6.07, 6.45) is 11.1. The van der Waals surface area contributed by atoms with Crippen molar-refractivity contribution >= 4 is 11.3 Å². The number of H-pyrrole nitrogens is 1. The van der Waals surface area contributed by atoms with Gasteiger partial charge in [0.2, 0.25) is 0 Å². The molecule has 0 saturated carbocycles. The Bertz CT molecular complexity index is 334. The van der Waals surface area contributed by atoms with Crippen molar-refractivity contribution in [3.63, 3.8) is 0 Å². The fraction of sp³-hybridized carbons (Fsp3) is 0.417. The first-order valence-electron chi connectivity index (χ1n) is 5.27. The van der Waals surface area contributed by atoms with Crippen molar-refractivity contribution in [2.24, 2.45) is 0 Å². The minimum absolute atomic E-state index is 0.857. The highest BCUT2D eigenvalue weighted by Crippen LogP contribution is 2.28. The Labute approximate surface area is 90.7 Å². The Morgan fingerprint density at radius 1 is 1.33 bits per heavy atom. The number of hydrogen-bond acceptors (Lipinski definition) is 2. The number of anilines is 1. The van der Waals surface area contributed by atoms with Crippen molar-refractivity contribution in [3.8, 4) is 0 Å². The van der Waals surface area contributed by atoms with Gasteiger partial charge < -0.3 is 10.8 Å². The monoisotopic (exact) mass is 207 g/mol. The second kappa shape index (κ2) is 6.19. The molecule has 1 heterocycles. The van der Waals surface area contributed by atoms with Crippen molar-refractivity contribution in [1.82, 2.24) is 0 Å². The summed E-state index contributed by atoms with van der Waals surface area (Å²) in [5.41, 5.74) is 9.36. The smallest absolute Gasteiger partial charge is 0.190 e. The highest BCUT2D eigenvalue weighted by Gasteiger charge is 2.09. The fourth-order valence-electron chi connectivity index (χ4n) is 1.82. The number of aliphatic hydroxyl groups is 1. The maximum Gasteiger partial charge on any atom is 0.190 e. The minimum atomic E-state index is 0.857. The van der Waals surface area contributed by atoms with Gasteiger partial charge in [-0.1, -0.05) is 6.08 Å². The number of allylic oxidation sites excluding steroid dienone is 2. The number of nitrogens with one attached hydrogen (secondary N) is 1. The molecule has 1 aromatic rings. The molecule has 1 aliphatic carbocycles. The van der Waals surface area contributed by atoms with Gasteiger partial charge in [0.15, 0.2) is 12.4 Å². The van der Waals surface area contributed by atoms with E-state index in [0.29, 0.717) is 0 Å². The molecule has 0 atom stereocenters. The predicted octanol–water partition coefficient (Wildman–Crippen LogP) is 1.65. The maximum atomic E-state index is 7.00. The van der Waals surface area contributed by atoms with E-state index < -0.39 is 0 Å². The van der Waals surface area contributed by atoms with Gasteiger partial charge >= 0.3 is 0 Å². The Morgan fingerprint density at radius 3 is 2.73 bits per heavy atom. The van der Waals surface area contributed by atoms with Gasteiger partial charge in [0.05, 0.1) is 0 Å². The largest absolute Gasteiger partial charge is 0.400 e. The lowest BCUT2D eigenvalue weighted by Gasteiger charge is -2.12. The third-order valence-electron chi connectivity index (χ3n) is 2.53. The number of aliphatic hydroxyl groups excluding tert-OH is 1. The Balaban J connectivity index is 0.000000531. The van der Waals surface area contributed by atoms with E-state index >= 15 is 0 Å². The SMILES string of the molecule is CO.Nc1c[nH+]ccc1C1=CCCCC1. The highest BCUT2D eigenvalue weighted by molar-refractivity contribution is 5.74. The number of pyridine rings is 1. The highest BCUT2D eigenvalue weighted by atomic mass is 16.2. The quantitative estimate of drug-likeness (QED) is 0.735. The lowest BCUT2D eigenvalue weighted by atomic mass is 9.93. The molecule has 3 nitrogen and oxygen atoms in total. The van der Waals surface area contributed by atoms with Crippen LogP contribution in [0.15, 0.2) is 24.5 Å². The summed E-state index contributed by atoms with van der Waals surface area (Å²) < 4.78 is 0. The van der Waals surface area contributed by atoms with Crippen LogP contribution in [0.25, 0.3) is 5.57 Å². The van der Waals surface area contributed by atoms with Gasteiger partial charge in [-0.15, -0.1) is 0 Å². The van der Waals surface area contributed by atoms with Crippen LogP contribution in [0.3, 0.4) is 0 Å². The second-order valence-electron chi connectivity index (χ2n) is 3.49. The summed E-state index contributed by atoms with van der Waals surface area (Å²) in [5, 5.41) is 7.00. The first kappa shape index (κ1) is 11.7. The third kappa shape index (κ3) is 3.06. The van der Waals surface area contributed by atoms with E-state index in [9.17, 15) is 0 Å². The average Bonchev–Trinajstić information content (AvgIpc) is 2.33. The Morgan fingerprint density at radius 2 is 2.13 bits per heavy atom. The molecule has 0 unspecified atom stereocenters. The molecule has 82 valence electrons. The van der Waals surface area contributed by atoms with Crippen LogP contribution in [0, 0.1) is 0 Å². The average molecular weight is 207 g/mol. The summed E-state index contributed by atoms with van der Waals surface area (Å²) in [5.74, 6) is 0. The number of nitrogen functional groups attached to an aromatic ring is 1. The molecule has 0 amide bonds. The Kier molecular flexibility index (Phi) is 4.84. The van der Waals surface area contributed by atoms with Crippen LogP contribution in [-0.2, 0) is 0 Å². The van der Waals surface area contributed by atoms with E-state index in [2.05, 4.69) is 17.1 Å². The molecule has 15 heavy (non-hydrogen) atoms. The van der Waals surface area contributed by atoms with Gasteiger partial charge in [0, 0.05) is 18.7 Å². The van der Waals surface area contributed by atoms with Gasteiger partial charge in [-0.2, -0.15) is 0 Å². The molecule has 0 aliphatic heterocycles. The lowest BCUT2D eigenvalue weighted by Crippen LogP contribution is -2.05. The van der Waals surface area contributed by atoms with Gasteiger partial charge in [0.1, 0.15) is 5.69 Å². The normalized spacial score (nSPS) is 14.9. The Hall–Kier alpha value is -1.35. The molecule has 0 fully saturated rings. The first-order valence-corrected chi connectivity index (χ1v) is 5.27. The molecule has 0 bridgehead atoms. The van der Waals surface area contributed by atoms with Gasteiger partial charge in [-0.3, -0.25) is 0 Å². The standard InChI is InChI=1S/C11H14N2.CH4O/c12-11-8-13-7-6-10(11)9-4-2-1-3-5-9;1-2/h4,6-8H,1-3,5,12H2;2H,1H3/p+1. The number of hydrogen-bond donors (Lipinski definition) is 2. The van der Waals surface area contributed by atoms with Crippen LogP contribution in [-0.4, -0.2) is 12.2 Å². The van der Waals surface area contributed by atoms with E-state index in [4.69, 9.17) is 10.8 Å². The summed E-state index contributed by atoms with van der Waals surface area (Å²) in [6, 6.07) is 2.06. The molecule has 1 aliphatic rings. The molecule has 4 N–H and O–H groups in total. The maximum absolute atomic E-state index is 7.00. The van der Waals surface area contributed by atoms with E-state index in [1.54, 1.807) is 0 Å². The molecular formula is C12H19N2O+. The van der Waals surface area contributed by atoms with Crippen molar-refractivity contribution in [2.75, 3.05) is 12.8 Å². The number of rotatable bonds is 1. The van der Waals surface area contributed by atoms with E-state index in [1.807, 2.05) is 12.4 Å². The van der Waals surface area contributed by atoms with E-state index in [1.165, 1.54) is 36.8 Å². The zero-order valence-corrected chi connectivity index (χ0v) is 9.16. The van der Waals surface area contributed by atoms with E-state index in [0.717, 1.165) is 12.8 Å². The van der Waals surface area contributed by atoms with Crippen molar-refractivity contribution in [3.05, 3.63) is 30.1 Å². The molecule has 1 aromatic heterocycles. The second-order valence-corrected chi connectivity index (χ2v) is 3.49. The molecular weight excluding hydrogens is 188 g/mol. The van der Waals surface area contributed by atoms with Gasteiger partial charge in [-0.05, 0) is 31.3 Å². The number of aromatic nitrogens is 1. The van der Waals surface area contributed by atoms with Crippen LogP contribution < -0.4 is 10.7 Å². The zero-order valence-electron chi connectivity index (χ0n) is 9.16. The third-order valence-corrected chi connectivity index (χ3v) is 2.53. The number of aromatic amines is 1. The molecule has 0 radical (unpaired) electrons. The number of nitrogens with two attached hydrogens (primary N) is 1. The fourth-order valence-corrected chi connectivity index (χ4v) is 1.82. The minimum Gasteiger partial charge on any atom is -0.400 e. The van der Waals surface area contributed by atoms with Crippen molar-refractivity contribution < 1.29 is 10.1 Å². The van der Waals surface area contributed by atoms with Crippen LogP contribution in [0.1, 0.15) is 31.2 Å². The van der Waals surface area contributed by atoms with Crippen molar-refractivity contribution in [1.29, 1.82) is 0 Å². The molecule has 3 heteroatoms. The first-order chi connectivity index (χ1) is 7.38. The summed E-state index contributed by atoms with van der Waals surface area (Å²) in [7, 11) is 1.00. The van der Waals surface area contributed by atoms with E-state index in [-0.39, 0.29) is 0 Å². The molecule has 0 saturated heterocycles. The molecule has 2 rings (SSSR count). The predicted molar refractivity (Wildman–Crippen MR) is 62.0 cm³/mol. The van der Waals surface area contributed by atoms with Crippen LogP contribution in [0.2, 0.25) is 0 Å². The molecule has 0 spiro atoms. The molecule has 0 aromatic carbocycles. The van der Waals surface area contributed by atoms with Crippen LogP contribution in [0.5, 0.6) is 0 Å². The topological polar surface area (TPSA) is 60.4 Å².